The van der Waals surface area contributed by atoms with E-state index in [1.807, 2.05) is 6.07 Å². The first-order chi connectivity index (χ1) is 10.7. The van der Waals surface area contributed by atoms with Gasteiger partial charge in [-0.15, -0.1) is 0 Å². The quantitative estimate of drug-likeness (QED) is 0.908. The van der Waals surface area contributed by atoms with Crippen molar-refractivity contribution in [3.63, 3.8) is 0 Å². The lowest BCUT2D eigenvalue weighted by Gasteiger charge is -2.13. The van der Waals surface area contributed by atoms with Crippen LogP contribution in [0.2, 0.25) is 0 Å². The van der Waals surface area contributed by atoms with Crippen LogP contribution in [-0.4, -0.2) is 34.7 Å². The summed E-state index contributed by atoms with van der Waals surface area (Å²) in [6.45, 7) is 3.46. The Morgan fingerprint density at radius 1 is 1.32 bits per heavy atom. The monoisotopic (exact) mass is 302 g/mol. The number of amides is 1. The van der Waals surface area contributed by atoms with Gasteiger partial charge in [-0.25, -0.2) is 4.98 Å². The maximum Gasteiger partial charge on any atom is 0.319 e. The molecule has 2 aromatic heterocycles. The van der Waals surface area contributed by atoms with E-state index in [1.165, 1.54) is 7.11 Å². The smallest absolute Gasteiger partial charge is 0.319 e. The van der Waals surface area contributed by atoms with Crippen LogP contribution in [0, 0.1) is 0 Å². The zero-order valence-electron chi connectivity index (χ0n) is 12.8. The van der Waals surface area contributed by atoms with Crippen LogP contribution in [-0.2, 0) is 13.1 Å². The highest BCUT2D eigenvalue weighted by atomic mass is 16.5. The van der Waals surface area contributed by atoms with E-state index < -0.39 is 0 Å². The molecule has 0 fully saturated rings. The van der Waals surface area contributed by atoms with Crippen molar-refractivity contribution in [2.24, 2.45) is 0 Å². The van der Waals surface area contributed by atoms with Gasteiger partial charge < -0.3 is 19.4 Å². The Morgan fingerprint density at radius 3 is 2.82 bits per heavy atom. The topological polar surface area (TPSA) is 78.3 Å². The van der Waals surface area contributed by atoms with Crippen LogP contribution in [0.15, 0.2) is 12.3 Å². The van der Waals surface area contributed by atoms with Crippen molar-refractivity contribution in [1.29, 1.82) is 0 Å². The van der Waals surface area contributed by atoms with Crippen LogP contribution in [0.1, 0.15) is 29.4 Å². The van der Waals surface area contributed by atoms with Crippen molar-refractivity contribution in [3.8, 4) is 23.1 Å². The van der Waals surface area contributed by atoms with Gasteiger partial charge in [-0.1, -0.05) is 6.92 Å². The first kappa shape index (κ1) is 14.4. The fourth-order valence-corrected chi connectivity index (χ4v) is 2.72. The van der Waals surface area contributed by atoms with Crippen molar-refractivity contribution in [3.05, 3.63) is 23.5 Å². The Hall–Kier alpha value is -2.57. The standard InChI is InChI=1S/C15H18N4O3/c1-4-5-19-11(6-9-12(19)8-16-13(9)20)10-7-17-15(22-3)18-14(10)21-2/h6-7H,4-5,8H2,1-3H3,(H,16,20). The summed E-state index contributed by atoms with van der Waals surface area (Å²) in [6.07, 6.45) is 2.63. The second-order valence-electron chi connectivity index (χ2n) is 5.00. The highest BCUT2D eigenvalue weighted by Crippen LogP contribution is 2.34. The normalized spacial score (nSPS) is 13.0. The van der Waals surface area contributed by atoms with Crippen molar-refractivity contribution < 1.29 is 14.3 Å². The van der Waals surface area contributed by atoms with E-state index in [0.29, 0.717) is 18.0 Å². The Bertz CT molecular complexity index is 724. The Kier molecular flexibility index (Phi) is 3.70. The summed E-state index contributed by atoms with van der Waals surface area (Å²) in [5.74, 6) is 0.389. The van der Waals surface area contributed by atoms with Gasteiger partial charge in [0, 0.05) is 12.7 Å². The van der Waals surface area contributed by atoms with Crippen LogP contribution >= 0.6 is 0 Å². The molecule has 3 heterocycles. The van der Waals surface area contributed by atoms with E-state index >= 15 is 0 Å². The number of aromatic nitrogens is 3. The van der Waals surface area contributed by atoms with Crippen molar-refractivity contribution in [1.82, 2.24) is 19.9 Å². The average Bonchev–Trinajstić information content (AvgIpc) is 3.08. The van der Waals surface area contributed by atoms with Crippen LogP contribution in [0.25, 0.3) is 11.3 Å². The van der Waals surface area contributed by atoms with Gasteiger partial charge in [0.2, 0.25) is 5.88 Å². The van der Waals surface area contributed by atoms with Gasteiger partial charge in [0.25, 0.3) is 5.91 Å². The average molecular weight is 302 g/mol. The summed E-state index contributed by atoms with van der Waals surface area (Å²) in [4.78, 5) is 20.3. The fourth-order valence-electron chi connectivity index (χ4n) is 2.72. The number of fused-ring (bicyclic) bond motifs is 1. The number of nitrogens with one attached hydrogen (secondary N) is 1. The van der Waals surface area contributed by atoms with Gasteiger partial charge in [-0.3, -0.25) is 4.79 Å². The lowest BCUT2D eigenvalue weighted by atomic mass is 10.2. The van der Waals surface area contributed by atoms with Crippen molar-refractivity contribution >= 4 is 5.91 Å². The van der Waals surface area contributed by atoms with E-state index in [4.69, 9.17) is 9.47 Å². The van der Waals surface area contributed by atoms with Crippen molar-refractivity contribution in [2.75, 3.05) is 14.2 Å². The maximum absolute atomic E-state index is 11.9. The first-order valence-electron chi connectivity index (χ1n) is 7.15. The molecule has 2 aromatic rings. The molecule has 0 aliphatic carbocycles. The third-order valence-electron chi connectivity index (χ3n) is 3.70. The van der Waals surface area contributed by atoms with Gasteiger partial charge in [-0.2, -0.15) is 4.98 Å². The number of hydrogen-bond acceptors (Lipinski definition) is 5. The molecule has 7 nitrogen and oxygen atoms in total. The molecule has 22 heavy (non-hydrogen) atoms. The SMILES string of the molecule is CCCn1c(-c2cnc(OC)nc2OC)cc2c1CNC2=O. The molecule has 116 valence electrons. The van der Waals surface area contributed by atoms with E-state index in [-0.39, 0.29) is 11.9 Å². The molecule has 0 saturated carbocycles. The molecule has 1 aliphatic rings. The van der Waals surface area contributed by atoms with E-state index in [2.05, 4.69) is 26.8 Å². The molecule has 0 bridgehead atoms. The molecular weight excluding hydrogens is 284 g/mol. The minimum atomic E-state index is -0.0421. The van der Waals surface area contributed by atoms with E-state index in [1.54, 1.807) is 13.3 Å². The third kappa shape index (κ3) is 2.18. The van der Waals surface area contributed by atoms with E-state index in [9.17, 15) is 4.79 Å². The second-order valence-corrected chi connectivity index (χ2v) is 5.00. The summed E-state index contributed by atoms with van der Waals surface area (Å²) >= 11 is 0. The highest BCUT2D eigenvalue weighted by Gasteiger charge is 2.27. The third-order valence-corrected chi connectivity index (χ3v) is 3.70. The molecule has 0 saturated heterocycles. The zero-order chi connectivity index (χ0) is 15.7. The highest BCUT2D eigenvalue weighted by molar-refractivity contribution is 5.99. The number of ether oxygens (including phenoxy) is 2. The summed E-state index contributed by atoms with van der Waals surface area (Å²) in [7, 11) is 3.06. The Labute approximate surface area is 128 Å². The molecule has 1 N–H and O–H groups in total. The first-order valence-corrected chi connectivity index (χ1v) is 7.15. The molecule has 0 spiro atoms. The lowest BCUT2D eigenvalue weighted by Crippen LogP contribution is -2.14. The van der Waals surface area contributed by atoms with Gasteiger partial charge in [0.15, 0.2) is 0 Å². The molecular formula is C15H18N4O3. The predicted molar refractivity (Wildman–Crippen MR) is 80.0 cm³/mol. The second kappa shape index (κ2) is 5.67. The van der Waals surface area contributed by atoms with Crippen LogP contribution < -0.4 is 14.8 Å². The Balaban J connectivity index is 2.16. The fraction of sp³-hybridized carbons (Fsp3) is 0.400. The van der Waals surface area contributed by atoms with Crippen LogP contribution in [0.3, 0.4) is 0 Å². The number of hydrogen-bond donors (Lipinski definition) is 1. The summed E-state index contributed by atoms with van der Waals surface area (Å²) in [6, 6.07) is 2.13. The maximum atomic E-state index is 11.9. The number of nitrogens with zero attached hydrogens (tertiary/aromatic N) is 3. The Morgan fingerprint density at radius 2 is 2.14 bits per heavy atom. The van der Waals surface area contributed by atoms with Gasteiger partial charge >= 0.3 is 6.01 Å². The molecule has 7 heteroatoms. The van der Waals surface area contributed by atoms with Gasteiger partial charge in [0.1, 0.15) is 0 Å². The number of rotatable bonds is 5. The molecule has 0 radical (unpaired) electrons. The molecule has 0 aromatic carbocycles. The predicted octanol–water partition coefficient (Wildman–Crippen LogP) is 1.62. The van der Waals surface area contributed by atoms with Crippen LogP contribution in [0.4, 0.5) is 0 Å². The van der Waals surface area contributed by atoms with Gasteiger partial charge in [-0.05, 0) is 12.5 Å². The summed E-state index contributed by atoms with van der Waals surface area (Å²) < 4.78 is 12.5. The number of carbonyl (C=O) groups is 1. The van der Waals surface area contributed by atoms with Crippen LogP contribution in [0.5, 0.6) is 11.9 Å². The molecule has 0 unspecified atom stereocenters. The van der Waals surface area contributed by atoms with E-state index in [0.717, 1.165) is 29.9 Å². The largest absolute Gasteiger partial charge is 0.480 e. The molecule has 1 amide bonds. The summed E-state index contributed by atoms with van der Waals surface area (Å²) in [5.41, 5.74) is 3.35. The number of methoxy groups -OCH3 is 2. The lowest BCUT2D eigenvalue weighted by molar-refractivity contribution is 0.0965. The minimum Gasteiger partial charge on any atom is -0.480 e. The van der Waals surface area contributed by atoms with Gasteiger partial charge in [0.05, 0.1) is 43.3 Å². The molecule has 0 atom stereocenters. The zero-order valence-corrected chi connectivity index (χ0v) is 12.8. The molecule has 3 rings (SSSR count). The molecule has 1 aliphatic heterocycles. The van der Waals surface area contributed by atoms with Crippen molar-refractivity contribution in [2.45, 2.75) is 26.4 Å². The minimum absolute atomic E-state index is 0.0421. The summed E-state index contributed by atoms with van der Waals surface area (Å²) in [5, 5.41) is 2.85. The number of carbonyl (C=O) groups excluding carboxylic acids is 1.